The SMILES string of the molecule is COC(=O)/C(=C(/N)[S-])[P+](c1ccccc1)(c1ccccc1)c1ccccc1. The van der Waals surface area contributed by atoms with Gasteiger partial charge in [0, 0.05) is 0 Å². The van der Waals surface area contributed by atoms with Crippen molar-refractivity contribution >= 4 is 41.8 Å². The summed E-state index contributed by atoms with van der Waals surface area (Å²) in [6.07, 6.45) is 0. The maximum Gasteiger partial charge on any atom is 0.374 e. The minimum absolute atomic E-state index is 0.0618. The van der Waals surface area contributed by atoms with Gasteiger partial charge in [-0.2, -0.15) is 0 Å². The number of methoxy groups -OCH3 is 1. The van der Waals surface area contributed by atoms with Crippen LogP contribution in [0.15, 0.2) is 101 Å². The van der Waals surface area contributed by atoms with E-state index in [9.17, 15) is 4.79 Å². The topological polar surface area (TPSA) is 52.3 Å². The van der Waals surface area contributed by atoms with Crippen LogP contribution in [0.2, 0.25) is 0 Å². The molecule has 0 atom stereocenters. The average molecular weight is 393 g/mol. The van der Waals surface area contributed by atoms with Gasteiger partial charge in [0.1, 0.15) is 15.9 Å². The highest BCUT2D eigenvalue weighted by molar-refractivity contribution is 8.00. The lowest BCUT2D eigenvalue weighted by Crippen LogP contribution is -2.36. The molecule has 2 N–H and O–H groups in total. The molecule has 0 spiro atoms. The highest BCUT2D eigenvalue weighted by atomic mass is 32.1. The number of rotatable bonds is 5. The summed E-state index contributed by atoms with van der Waals surface area (Å²) >= 11 is 5.38. The third-order valence-electron chi connectivity index (χ3n) is 4.38. The number of hydrogen-bond donors (Lipinski definition) is 1. The summed E-state index contributed by atoms with van der Waals surface area (Å²) in [6, 6.07) is 29.8. The molecule has 3 aromatic rings. The van der Waals surface area contributed by atoms with Crippen molar-refractivity contribution in [2.45, 2.75) is 0 Å². The quantitative estimate of drug-likeness (QED) is 0.314. The van der Waals surface area contributed by atoms with E-state index in [0.717, 1.165) is 15.9 Å². The molecule has 0 aliphatic carbocycles. The summed E-state index contributed by atoms with van der Waals surface area (Å²) in [4.78, 5) is 12.9. The van der Waals surface area contributed by atoms with Gasteiger partial charge in [-0.25, -0.2) is 4.79 Å². The Kier molecular flexibility index (Phi) is 5.90. The standard InChI is InChI=1S/C22H20NO2PS/c1-25-22(24)20(21(23)27)26(17-11-5-2-6-12-17,18-13-7-3-8-14-18)19-15-9-4-10-16-19/h2-16H,1H3,(H2-,23,24,27). The molecular formula is C22H20NO2PS. The Balaban J connectivity index is 2.51. The second-order valence-corrected chi connectivity index (χ2v) is 9.66. The summed E-state index contributed by atoms with van der Waals surface area (Å²) in [5.74, 6) is -0.493. The first-order chi connectivity index (χ1) is 13.1. The molecule has 0 unspecified atom stereocenters. The highest BCUT2D eigenvalue weighted by Crippen LogP contribution is 2.63. The zero-order chi connectivity index (χ0) is 19.3. The first-order valence-electron chi connectivity index (χ1n) is 8.44. The summed E-state index contributed by atoms with van der Waals surface area (Å²) in [7, 11) is -1.26. The van der Waals surface area contributed by atoms with Crippen molar-refractivity contribution < 1.29 is 9.53 Å². The van der Waals surface area contributed by atoms with Crippen LogP contribution in [-0.4, -0.2) is 13.1 Å². The molecule has 0 fully saturated rings. The van der Waals surface area contributed by atoms with Crippen LogP contribution < -0.4 is 21.6 Å². The molecule has 3 nitrogen and oxygen atoms in total. The van der Waals surface area contributed by atoms with E-state index in [1.54, 1.807) is 0 Å². The third-order valence-corrected chi connectivity index (χ3v) is 9.05. The molecule has 0 radical (unpaired) electrons. The number of hydrogen-bond acceptors (Lipinski definition) is 4. The zero-order valence-corrected chi connectivity index (χ0v) is 16.6. The van der Waals surface area contributed by atoms with E-state index in [1.807, 2.05) is 91.0 Å². The number of benzene rings is 3. The molecule has 0 bridgehead atoms. The fourth-order valence-corrected chi connectivity index (χ4v) is 8.01. The Hall–Kier alpha value is -2.68. The smallest absolute Gasteiger partial charge is 0.374 e. The second-order valence-electron chi connectivity index (χ2n) is 5.88. The third kappa shape index (κ3) is 3.46. The second kappa shape index (κ2) is 8.34. The molecule has 0 saturated heterocycles. The van der Waals surface area contributed by atoms with Gasteiger partial charge >= 0.3 is 5.97 Å². The Bertz CT molecular complexity index is 843. The van der Waals surface area contributed by atoms with Gasteiger partial charge in [0.25, 0.3) is 0 Å². The largest absolute Gasteiger partial charge is 0.759 e. The van der Waals surface area contributed by atoms with Gasteiger partial charge < -0.3 is 23.1 Å². The van der Waals surface area contributed by atoms with E-state index >= 15 is 0 Å². The molecule has 0 aliphatic rings. The Labute approximate surface area is 165 Å². The van der Waals surface area contributed by atoms with Gasteiger partial charge in [-0.15, -0.1) is 0 Å². The van der Waals surface area contributed by atoms with Crippen LogP contribution in [0.5, 0.6) is 0 Å². The van der Waals surface area contributed by atoms with Crippen molar-refractivity contribution in [3.63, 3.8) is 0 Å². The van der Waals surface area contributed by atoms with Crippen LogP contribution in [0.4, 0.5) is 0 Å². The van der Waals surface area contributed by atoms with E-state index < -0.39 is 13.2 Å². The highest BCUT2D eigenvalue weighted by Gasteiger charge is 2.53. The molecule has 0 heterocycles. The molecule has 0 aliphatic heterocycles. The van der Waals surface area contributed by atoms with Gasteiger partial charge in [-0.05, 0) is 36.4 Å². The summed E-state index contributed by atoms with van der Waals surface area (Å²) < 4.78 is 5.13. The van der Waals surface area contributed by atoms with Crippen LogP contribution in [-0.2, 0) is 22.2 Å². The van der Waals surface area contributed by atoms with Crippen molar-refractivity contribution in [3.8, 4) is 0 Å². The van der Waals surface area contributed by atoms with E-state index in [-0.39, 0.29) is 5.03 Å². The van der Waals surface area contributed by atoms with Crippen LogP contribution >= 0.6 is 7.26 Å². The Morgan fingerprint density at radius 3 is 1.37 bits per heavy atom. The van der Waals surface area contributed by atoms with Crippen LogP contribution in [0.3, 0.4) is 0 Å². The Morgan fingerprint density at radius 1 is 0.778 bits per heavy atom. The number of carbonyl (C=O) groups excluding carboxylic acids is 1. The van der Waals surface area contributed by atoms with Crippen molar-refractivity contribution in [1.29, 1.82) is 0 Å². The van der Waals surface area contributed by atoms with E-state index in [1.165, 1.54) is 7.11 Å². The van der Waals surface area contributed by atoms with Crippen LogP contribution in [0, 0.1) is 0 Å². The minimum Gasteiger partial charge on any atom is -0.759 e. The van der Waals surface area contributed by atoms with Crippen LogP contribution in [0.1, 0.15) is 0 Å². The summed E-state index contributed by atoms with van der Waals surface area (Å²) in [5.41, 5.74) is 6.13. The molecule has 27 heavy (non-hydrogen) atoms. The predicted octanol–water partition coefficient (Wildman–Crippen LogP) is 2.83. The normalized spacial score (nSPS) is 12.2. The average Bonchev–Trinajstić information content (AvgIpc) is 2.73. The fraction of sp³-hybridized carbons (Fsp3) is 0.0455. The van der Waals surface area contributed by atoms with Gasteiger partial charge in [-0.1, -0.05) is 59.6 Å². The monoisotopic (exact) mass is 393 g/mol. The van der Waals surface area contributed by atoms with E-state index in [2.05, 4.69) is 0 Å². The van der Waals surface area contributed by atoms with Crippen molar-refractivity contribution in [2.75, 3.05) is 7.11 Å². The fourth-order valence-electron chi connectivity index (χ4n) is 3.29. The maximum absolute atomic E-state index is 12.9. The van der Waals surface area contributed by atoms with E-state index in [0.29, 0.717) is 5.31 Å². The van der Waals surface area contributed by atoms with Gasteiger partial charge in [0.15, 0.2) is 12.6 Å². The first-order valence-corrected chi connectivity index (χ1v) is 10.6. The van der Waals surface area contributed by atoms with Crippen molar-refractivity contribution in [2.24, 2.45) is 5.73 Å². The number of carbonyl (C=O) groups is 1. The van der Waals surface area contributed by atoms with Crippen molar-refractivity contribution in [3.05, 3.63) is 101 Å². The predicted molar refractivity (Wildman–Crippen MR) is 116 cm³/mol. The van der Waals surface area contributed by atoms with Gasteiger partial charge in [0.05, 0.1) is 7.11 Å². The summed E-state index contributed by atoms with van der Waals surface area (Å²) in [6.45, 7) is 0. The summed E-state index contributed by atoms with van der Waals surface area (Å²) in [5, 5.41) is 3.40. The zero-order valence-electron chi connectivity index (χ0n) is 14.9. The first kappa shape index (κ1) is 19.1. The molecule has 0 amide bonds. The number of nitrogens with two attached hydrogens (primary N) is 1. The van der Waals surface area contributed by atoms with Crippen LogP contribution in [0.25, 0.3) is 0 Å². The lowest BCUT2D eigenvalue weighted by atomic mass is 10.3. The maximum atomic E-state index is 12.9. The lowest BCUT2D eigenvalue weighted by Gasteiger charge is -2.30. The molecule has 0 saturated carbocycles. The molecule has 136 valence electrons. The van der Waals surface area contributed by atoms with Gasteiger partial charge in [-0.3, -0.25) is 0 Å². The molecule has 0 aromatic heterocycles. The Morgan fingerprint density at radius 2 is 1.11 bits per heavy atom. The molecule has 3 rings (SSSR count). The molecular weight excluding hydrogens is 373 g/mol. The minimum atomic E-state index is -2.62. The van der Waals surface area contributed by atoms with Crippen molar-refractivity contribution in [1.82, 2.24) is 0 Å². The number of esters is 1. The van der Waals surface area contributed by atoms with E-state index in [4.69, 9.17) is 23.1 Å². The lowest BCUT2D eigenvalue weighted by molar-refractivity contribution is -0.135. The number of ether oxygens (including phenoxy) is 1. The molecule has 5 heteroatoms. The molecule has 3 aromatic carbocycles. The van der Waals surface area contributed by atoms with Gasteiger partial charge in [0.2, 0.25) is 0 Å².